The Hall–Kier alpha value is -3.45. The van der Waals surface area contributed by atoms with Crippen LogP contribution in [0.25, 0.3) is 0 Å². The molecule has 158 valence electrons. The number of nitrogens with one attached hydrogen (secondary N) is 1. The number of Topliss-reactive ketones (excluding diaryl/α,β-unsaturated/α-hetero) is 1. The van der Waals surface area contributed by atoms with Crippen LogP contribution in [0.3, 0.4) is 0 Å². The number of carbonyl (C=O) groups is 2. The molecule has 1 atom stereocenters. The summed E-state index contributed by atoms with van der Waals surface area (Å²) in [7, 11) is -3.85. The Balaban J connectivity index is 1.66. The van der Waals surface area contributed by atoms with Crippen LogP contribution < -0.4 is 9.62 Å². The number of anilines is 2. The van der Waals surface area contributed by atoms with Crippen LogP contribution in [0.2, 0.25) is 0 Å². The van der Waals surface area contributed by atoms with Crippen molar-refractivity contribution in [1.82, 2.24) is 0 Å². The van der Waals surface area contributed by atoms with Gasteiger partial charge in [-0.25, -0.2) is 8.42 Å². The van der Waals surface area contributed by atoms with Crippen LogP contribution in [0, 0.1) is 0 Å². The zero-order valence-corrected chi connectivity index (χ0v) is 18.0. The van der Waals surface area contributed by atoms with Crippen molar-refractivity contribution >= 4 is 33.1 Å². The molecule has 0 fully saturated rings. The maximum Gasteiger partial charge on any atom is 0.264 e. The summed E-state index contributed by atoms with van der Waals surface area (Å²) < 4.78 is 28.3. The van der Waals surface area contributed by atoms with Crippen LogP contribution >= 0.6 is 0 Å². The highest BCUT2D eigenvalue weighted by Gasteiger charge is 2.36. The van der Waals surface area contributed by atoms with E-state index < -0.39 is 15.9 Å². The molecule has 4 rings (SSSR count). The van der Waals surface area contributed by atoms with Crippen LogP contribution in [0.1, 0.15) is 40.1 Å². The van der Waals surface area contributed by atoms with Crippen molar-refractivity contribution in [3.8, 4) is 0 Å². The van der Waals surface area contributed by atoms with E-state index in [0.717, 1.165) is 5.56 Å². The standard InChI is InChI=1S/C24H22N2O4S/c1-16-14-18-8-3-6-13-23(18)26(16)31(29,30)20-10-7-9-19(15-20)24(28)25-22-12-5-4-11-21(22)17(2)27/h3-13,15-16H,14H2,1-2H3,(H,25,28). The number of carbonyl (C=O) groups excluding carboxylic acids is 2. The summed E-state index contributed by atoms with van der Waals surface area (Å²) in [6.07, 6.45) is 0.636. The van der Waals surface area contributed by atoms with Crippen molar-refractivity contribution in [2.45, 2.75) is 31.2 Å². The molecule has 6 nitrogen and oxygen atoms in total. The molecule has 0 saturated carbocycles. The van der Waals surface area contributed by atoms with Crippen molar-refractivity contribution in [2.75, 3.05) is 9.62 Å². The van der Waals surface area contributed by atoms with Crippen molar-refractivity contribution < 1.29 is 18.0 Å². The molecule has 0 radical (unpaired) electrons. The number of ketones is 1. The zero-order chi connectivity index (χ0) is 22.2. The Morgan fingerprint density at radius 2 is 1.68 bits per heavy atom. The SMILES string of the molecule is CC(=O)c1ccccc1NC(=O)c1cccc(S(=O)(=O)N2c3ccccc3CC2C)c1. The van der Waals surface area contributed by atoms with E-state index in [4.69, 9.17) is 0 Å². The van der Waals surface area contributed by atoms with Crippen LogP contribution in [0.5, 0.6) is 0 Å². The Labute approximate surface area is 181 Å². The van der Waals surface area contributed by atoms with Gasteiger partial charge in [0, 0.05) is 17.2 Å². The molecule has 31 heavy (non-hydrogen) atoms. The highest BCUT2D eigenvalue weighted by Crippen LogP contribution is 2.36. The number of rotatable bonds is 5. The number of hydrogen-bond donors (Lipinski definition) is 1. The minimum atomic E-state index is -3.85. The molecule has 7 heteroatoms. The quantitative estimate of drug-likeness (QED) is 0.608. The van der Waals surface area contributed by atoms with Gasteiger partial charge in [0.15, 0.2) is 5.78 Å². The zero-order valence-electron chi connectivity index (χ0n) is 17.2. The summed E-state index contributed by atoms with van der Waals surface area (Å²) in [6.45, 7) is 3.29. The lowest BCUT2D eigenvalue weighted by atomic mass is 10.1. The van der Waals surface area contributed by atoms with E-state index in [1.807, 2.05) is 25.1 Å². The first-order valence-electron chi connectivity index (χ1n) is 9.93. The van der Waals surface area contributed by atoms with E-state index >= 15 is 0 Å². The highest BCUT2D eigenvalue weighted by molar-refractivity contribution is 7.92. The third kappa shape index (κ3) is 3.84. The Kier molecular flexibility index (Phi) is 5.37. The van der Waals surface area contributed by atoms with Crippen molar-refractivity contribution in [2.24, 2.45) is 0 Å². The molecule has 0 aromatic heterocycles. The second kappa shape index (κ2) is 8.00. The molecule has 1 unspecified atom stereocenters. The van der Waals surface area contributed by atoms with Crippen LogP contribution in [0.4, 0.5) is 11.4 Å². The van der Waals surface area contributed by atoms with Gasteiger partial charge in [0.05, 0.1) is 16.3 Å². The van der Waals surface area contributed by atoms with Gasteiger partial charge >= 0.3 is 0 Å². The number of para-hydroxylation sites is 2. The normalized spacial score (nSPS) is 15.4. The maximum atomic E-state index is 13.4. The minimum Gasteiger partial charge on any atom is -0.321 e. The summed E-state index contributed by atoms with van der Waals surface area (Å²) in [4.78, 5) is 24.7. The van der Waals surface area contributed by atoms with E-state index in [9.17, 15) is 18.0 Å². The molecular weight excluding hydrogens is 412 g/mol. The monoisotopic (exact) mass is 434 g/mol. The van der Waals surface area contributed by atoms with Crippen molar-refractivity contribution in [1.29, 1.82) is 0 Å². The first-order chi connectivity index (χ1) is 14.8. The van der Waals surface area contributed by atoms with Crippen molar-refractivity contribution in [3.63, 3.8) is 0 Å². The number of nitrogens with zero attached hydrogens (tertiary/aromatic N) is 1. The van der Waals surface area contributed by atoms with Gasteiger partial charge in [0.2, 0.25) is 0 Å². The average Bonchev–Trinajstić information content (AvgIpc) is 3.10. The number of hydrogen-bond acceptors (Lipinski definition) is 4. The predicted molar refractivity (Wildman–Crippen MR) is 120 cm³/mol. The molecule has 1 N–H and O–H groups in total. The Morgan fingerprint density at radius 1 is 0.968 bits per heavy atom. The Morgan fingerprint density at radius 3 is 2.45 bits per heavy atom. The van der Waals surface area contributed by atoms with E-state index in [1.54, 1.807) is 42.5 Å². The maximum absolute atomic E-state index is 13.4. The van der Waals surface area contributed by atoms with E-state index in [-0.39, 0.29) is 22.3 Å². The third-order valence-corrected chi connectivity index (χ3v) is 7.28. The van der Waals surface area contributed by atoms with Crippen LogP contribution in [-0.2, 0) is 16.4 Å². The smallest absolute Gasteiger partial charge is 0.264 e. The van der Waals surface area contributed by atoms with Gasteiger partial charge in [0.25, 0.3) is 15.9 Å². The highest BCUT2D eigenvalue weighted by atomic mass is 32.2. The number of fused-ring (bicyclic) bond motifs is 1. The van der Waals surface area contributed by atoms with Gasteiger partial charge in [0.1, 0.15) is 0 Å². The molecule has 1 aliphatic heterocycles. The molecule has 0 bridgehead atoms. The van der Waals surface area contributed by atoms with Gasteiger partial charge in [-0.15, -0.1) is 0 Å². The minimum absolute atomic E-state index is 0.0450. The van der Waals surface area contributed by atoms with Gasteiger partial charge in [-0.2, -0.15) is 0 Å². The number of benzene rings is 3. The van der Waals surface area contributed by atoms with Gasteiger partial charge in [-0.05, 0) is 62.2 Å². The second-order valence-electron chi connectivity index (χ2n) is 7.57. The van der Waals surface area contributed by atoms with Crippen molar-refractivity contribution in [3.05, 3.63) is 89.5 Å². The lowest BCUT2D eigenvalue weighted by Crippen LogP contribution is -2.35. The molecule has 3 aromatic carbocycles. The molecule has 1 aliphatic rings. The van der Waals surface area contributed by atoms with E-state index in [1.165, 1.54) is 23.4 Å². The van der Waals surface area contributed by atoms with Crippen LogP contribution in [0.15, 0.2) is 77.7 Å². The summed E-state index contributed by atoms with van der Waals surface area (Å²) in [6, 6.07) is 19.9. The summed E-state index contributed by atoms with van der Waals surface area (Å²) >= 11 is 0. The fraction of sp³-hybridized carbons (Fsp3) is 0.167. The molecule has 3 aromatic rings. The lowest BCUT2D eigenvalue weighted by molar-refractivity contribution is 0.101. The van der Waals surface area contributed by atoms with Gasteiger partial charge < -0.3 is 5.32 Å². The van der Waals surface area contributed by atoms with Gasteiger partial charge in [-0.1, -0.05) is 36.4 Å². The number of amides is 1. The topological polar surface area (TPSA) is 83.5 Å². The summed E-state index contributed by atoms with van der Waals surface area (Å²) in [5.41, 5.74) is 2.62. The first kappa shape index (κ1) is 20.8. The fourth-order valence-electron chi connectivity index (χ4n) is 3.91. The summed E-state index contributed by atoms with van der Waals surface area (Å²) in [5.74, 6) is -0.658. The summed E-state index contributed by atoms with van der Waals surface area (Å²) in [5, 5.41) is 2.71. The lowest BCUT2D eigenvalue weighted by Gasteiger charge is -2.24. The molecule has 1 heterocycles. The molecule has 1 amide bonds. The second-order valence-corrected chi connectivity index (χ2v) is 9.38. The molecule has 0 aliphatic carbocycles. The predicted octanol–water partition coefficient (Wildman–Crippen LogP) is 4.28. The largest absolute Gasteiger partial charge is 0.321 e. The third-order valence-electron chi connectivity index (χ3n) is 5.35. The van der Waals surface area contributed by atoms with E-state index in [0.29, 0.717) is 23.4 Å². The molecular formula is C24H22N2O4S. The van der Waals surface area contributed by atoms with Crippen LogP contribution in [-0.4, -0.2) is 26.2 Å². The molecule has 0 saturated heterocycles. The van der Waals surface area contributed by atoms with E-state index in [2.05, 4.69) is 5.32 Å². The fourth-order valence-corrected chi connectivity index (χ4v) is 5.65. The molecule has 0 spiro atoms. The van der Waals surface area contributed by atoms with Gasteiger partial charge in [-0.3, -0.25) is 13.9 Å². The Bertz CT molecular complexity index is 1280. The number of sulfonamides is 1. The first-order valence-corrected chi connectivity index (χ1v) is 11.4. The average molecular weight is 435 g/mol.